The molecule has 0 aliphatic rings. The van der Waals surface area contributed by atoms with Crippen molar-refractivity contribution in [2.75, 3.05) is 0 Å². The van der Waals surface area contributed by atoms with E-state index in [1.165, 1.54) is 0 Å². The van der Waals surface area contributed by atoms with Gasteiger partial charge in [-0.2, -0.15) is 0 Å². The van der Waals surface area contributed by atoms with Crippen LogP contribution in [-0.2, 0) is 0 Å². The second-order valence-electron chi connectivity index (χ2n) is 4.26. The lowest BCUT2D eigenvalue weighted by molar-refractivity contribution is 0.0940. The van der Waals surface area contributed by atoms with Gasteiger partial charge in [0.1, 0.15) is 0 Å². The summed E-state index contributed by atoms with van der Waals surface area (Å²) in [4.78, 5) is 12.1. The molecule has 0 radical (unpaired) electrons. The van der Waals surface area contributed by atoms with E-state index >= 15 is 0 Å². The number of benzene rings is 2. The zero-order chi connectivity index (χ0) is 13.8. The van der Waals surface area contributed by atoms with Gasteiger partial charge in [0.15, 0.2) is 0 Å². The Morgan fingerprint density at radius 2 is 1.74 bits per heavy atom. The van der Waals surface area contributed by atoms with Crippen molar-refractivity contribution in [2.24, 2.45) is 0 Å². The molecule has 0 spiro atoms. The minimum atomic E-state index is -0.148. The molecule has 2 aromatic carbocycles. The molecule has 0 bridgehead atoms. The van der Waals surface area contributed by atoms with Crippen molar-refractivity contribution in [2.45, 2.75) is 13.0 Å². The predicted octanol–water partition coefficient (Wildman–Crippen LogP) is 4.48. The van der Waals surface area contributed by atoms with E-state index in [0.717, 1.165) is 5.56 Å². The molecule has 98 valence electrons. The van der Waals surface area contributed by atoms with Crippen molar-refractivity contribution in [3.63, 3.8) is 0 Å². The molecule has 0 saturated heterocycles. The fraction of sp³-hybridized carbons (Fsp3) is 0.133. The van der Waals surface area contributed by atoms with Crippen LogP contribution in [0.3, 0.4) is 0 Å². The van der Waals surface area contributed by atoms with Gasteiger partial charge in [-0.05, 0) is 42.8 Å². The van der Waals surface area contributed by atoms with E-state index in [9.17, 15) is 4.79 Å². The molecule has 1 N–H and O–H groups in total. The summed E-state index contributed by atoms with van der Waals surface area (Å²) in [6, 6.07) is 14.2. The van der Waals surface area contributed by atoms with Crippen LogP contribution in [0.1, 0.15) is 28.9 Å². The first-order chi connectivity index (χ1) is 9.06. The first-order valence-electron chi connectivity index (χ1n) is 5.88. The zero-order valence-corrected chi connectivity index (χ0v) is 11.9. The fourth-order valence-electron chi connectivity index (χ4n) is 1.74. The monoisotopic (exact) mass is 293 g/mol. The molecule has 0 unspecified atom stereocenters. The second-order valence-corrected chi connectivity index (χ2v) is 5.13. The molecular weight excluding hydrogens is 281 g/mol. The number of rotatable bonds is 3. The van der Waals surface area contributed by atoms with Gasteiger partial charge in [-0.1, -0.05) is 41.4 Å². The maximum absolute atomic E-state index is 12.1. The lowest BCUT2D eigenvalue weighted by atomic mass is 10.1. The van der Waals surface area contributed by atoms with Crippen LogP contribution in [0.5, 0.6) is 0 Å². The van der Waals surface area contributed by atoms with Gasteiger partial charge in [0.25, 0.3) is 5.91 Å². The van der Waals surface area contributed by atoms with Crippen molar-refractivity contribution < 1.29 is 4.79 Å². The van der Waals surface area contributed by atoms with Crippen LogP contribution >= 0.6 is 23.2 Å². The van der Waals surface area contributed by atoms with Crippen LogP contribution in [0.4, 0.5) is 0 Å². The Balaban J connectivity index is 2.08. The lowest BCUT2D eigenvalue weighted by Crippen LogP contribution is -2.26. The predicted molar refractivity (Wildman–Crippen MR) is 78.8 cm³/mol. The Kier molecular flexibility index (Phi) is 4.46. The highest BCUT2D eigenvalue weighted by atomic mass is 35.5. The smallest absolute Gasteiger partial charge is 0.251 e. The van der Waals surface area contributed by atoms with Gasteiger partial charge in [0.05, 0.1) is 6.04 Å². The molecule has 0 aromatic heterocycles. The number of amides is 1. The maximum Gasteiger partial charge on any atom is 0.251 e. The largest absolute Gasteiger partial charge is 0.346 e. The minimum absolute atomic E-state index is 0.0938. The Hall–Kier alpha value is -1.51. The average Bonchev–Trinajstić information content (AvgIpc) is 2.39. The first kappa shape index (κ1) is 13.9. The van der Waals surface area contributed by atoms with E-state index < -0.39 is 0 Å². The average molecular weight is 294 g/mol. The topological polar surface area (TPSA) is 29.1 Å². The Bertz CT molecular complexity index is 581. The standard InChI is InChI=1S/C15H13Cl2NO/c1-10(11-5-7-13(16)8-6-11)18-15(19)12-3-2-4-14(17)9-12/h2-10H,1H3,(H,18,19)/t10-/m1/s1. The van der Waals surface area contributed by atoms with Crippen LogP contribution in [0.2, 0.25) is 10.0 Å². The molecule has 2 aromatic rings. The maximum atomic E-state index is 12.1. The molecular formula is C15H13Cl2NO. The molecule has 19 heavy (non-hydrogen) atoms. The molecule has 2 nitrogen and oxygen atoms in total. The van der Waals surface area contributed by atoms with Gasteiger partial charge in [0, 0.05) is 15.6 Å². The highest BCUT2D eigenvalue weighted by molar-refractivity contribution is 6.31. The molecule has 1 atom stereocenters. The zero-order valence-electron chi connectivity index (χ0n) is 10.4. The van der Waals surface area contributed by atoms with Crippen LogP contribution < -0.4 is 5.32 Å². The summed E-state index contributed by atoms with van der Waals surface area (Å²) in [6.07, 6.45) is 0. The van der Waals surface area contributed by atoms with Gasteiger partial charge in [-0.3, -0.25) is 4.79 Å². The minimum Gasteiger partial charge on any atom is -0.346 e. The number of nitrogens with one attached hydrogen (secondary N) is 1. The lowest BCUT2D eigenvalue weighted by Gasteiger charge is -2.14. The molecule has 1 amide bonds. The number of carbonyl (C=O) groups excluding carboxylic acids is 1. The van der Waals surface area contributed by atoms with Crippen molar-refractivity contribution in [3.8, 4) is 0 Å². The summed E-state index contributed by atoms with van der Waals surface area (Å²) in [5.74, 6) is -0.148. The van der Waals surface area contributed by atoms with Crippen molar-refractivity contribution in [1.29, 1.82) is 0 Å². The Labute approximate surface area is 122 Å². The number of hydrogen-bond donors (Lipinski definition) is 1. The van der Waals surface area contributed by atoms with E-state index in [0.29, 0.717) is 15.6 Å². The summed E-state index contributed by atoms with van der Waals surface area (Å²) < 4.78 is 0. The fourth-order valence-corrected chi connectivity index (χ4v) is 2.06. The SMILES string of the molecule is C[C@@H](NC(=O)c1cccc(Cl)c1)c1ccc(Cl)cc1. The van der Waals surface area contributed by atoms with Gasteiger partial charge in [0.2, 0.25) is 0 Å². The van der Waals surface area contributed by atoms with Gasteiger partial charge in [-0.25, -0.2) is 0 Å². The highest BCUT2D eigenvalue weighted by Gasteiger charge is 2.11. The van der Waals surface area contributed by atoms with E-state index in [2.05, 4.69) is 5.32 Å². The number of halogens is 2. The third kappa shape index (κ3) is 3.72. The van der Waals surface area contributed by atoms with Crippen LogP contribution in [-0.4, -0.2) is 5.91 Å². The van der Waals surface area contributed by atoms with Gasteiger partial charge < -0.3 is 5.32 Å². The number of carbonyl (C=O) groups is 1. The quantitative estimate of drug-likeness (QED) is 0.888. The third-order valence-electron chi connectivity index (χ3n) is 2.80. The van der Waals surface area contributed by atoms with Crippen LogP contribution in [0, 0.1) is 0 Å². The van der Waals surface area contributed by atoms with Crippen molar-refractivity contribution in [3.05, 3.63) is 69.7 Å². The molecule has 0 aliphatic heterocycles. The molecule has 0 saturated carbocycles. The van der Waals surface area contributed by atoms with E-state index in [1.54, 1.807) is 36.4 Å². The van der Waals surface area contributed by atoms with E-state index in [4.69, 9.17) is 23.2 Å². The van der Waals surface area contributed by atoms with Crippen molar-refractivity contribution in [1.82, 2.24) is 5.32 Å². The molecule has 0 fully saturated rings. The summed E-state index contributed by atoms with van der Waals surface area (Å²) in [7, 11) is 0. The number of hydrogen-bond acceptors (Lipinski definition) is 1. The summed E-state index contributed by atoms with van der Waals surface area (Å²) in [6.45, 7) is 1.92. The molecule has 0 aliphatic carbocycles. The highest BCUT2D eigenvalue weighted by Crippen LogP contribution is 2.17. The summed E-state index contributed by atoms with van der Waals surface area (Å²) in [5.41, 5.74) is 1.55. The van der Waals surface area contributed by atoms with Crippen molar-refractivity contribution >= 4 is 29.1 Å². The first-order valence-corrected chi connectivity index (χ1v) is 6.64. The van der Waals surface area contributed by atoms with Gasteiger partial charge in [-0.15, -0.1) is 0 Å². The van der Waals surface area contributed by atoms with Crippen LogP contribution in [0.25, 0.3) is 0 Å². The molecule has 2 rings (SSSR count). The third-order valence-corrected chi connectivity index (χ3v) is 3.29. The Morgan fingerprint density at radius 3 is 2.37 bits per heavy atom. The second kappa shape index (κ2) is 6.09. The molecule has 4 heteroatoms. The van der Waals surface area contributed by atoms with Crippen LogP contribution in [0.15, 0.2) is 48.5 Å². The van der Waals surface area contributed by atoms with E-state index in [1.807, 2.05) is 19.1 Å². The summed E-state index contributed by atoms with van der Waals surface area (Å²) >= 11 is 11.7. The summed E-state index contributed by atoms with van der Waals surface area (Å²) in [5, 5.41) is 4.14. The van der Waals surface area contributed by atoms with E-state index in [-0.39, 0.29) is 11.9 Å². The molecule has 0 heterocycles. The van der Waals surface area contributed by atoms with Gasteiger partial charge >= 0.3 is 0 Å². The Morgan fingerprint density at radius 1 is 1.05 bits per heavy atom. The normalized spacial score (nSPS) is 11.9.